The Bertz CT molecular complexity index is 163. The van der Waals surface area contributed by atoms with E-state index < -0.39 is 5.97 Å². The fourth-order valence-corrected chi connectivity index (χ4v) is 2.55. The molecule has 0 radical (unpaired) electrons. The summed E-state index contributed by atoms with van der Waals surface area (Å²) < 4.78 is 17.2. The Hall–Kier alpha value is 0.0969. The fourth-order valence-electron chi connectivity index (χ4n) is 1.82. The Kier molecular flexibility index (Phi) is 6.67. The largest absolute Gasteiger partial charge is 0.380 e. The highest BCUT2D eigenvalue weighted by Crippen LogP contribution is 2.42. The summed E-state index contributed by atoms with van der Waals surface area (Å²) in [5.74, 6) is -0.841. The molecule has 0 saturated heterocycles. The van der Waals surface area contributed by atoms with E-state index in [1.807, 2.05) is 13.8 Å². The maximum atomic E-state index is 5.76. The van der Waals surface area contributed by atoms with Gasteiger partial charge >= 0.3 is 0 Å². The van der Waals surface area contributed by atoms with Crippen LogP contribution >= 0.6 is 0 Å². The molecule has 0 rings (SSSR count). The van der Waals surface area contributed by atoms with Crippen molar-refractivity contribution in [2.24, 2.45) is 5.41 Å². The van der Waals surface area contributed by atoms with E-state index in [9.17, 15) is 0 Å². The van der Waals surface area contributed by atoms with Gasteiger partial charge in [0.15, 0.2) is 10.5 Å². The van der Waals surface area contributed by atoms with E-state index in [2.05, 4.69) is 20.8 Å². The standard InChI is InChI=1S/C11H26O3Si/c1-6-10(5,7-2)11(14-15,12-8-3)13-9-4/h6-9H2,1-5,15H3. The zero-order chi connectivity index (χ0) is 11.9. The van der Waals surface area contributed by atoms with Crippen molar-refractivity contribution in [1.82, 2.24) is 0 Å². The molecule has 0 aromatic carbocycles. The molecule has 0 fully saturated rings. The Morgan fingerprint density at radius 1 is 0.933 bits per heavy atom. The van der Waals surface area contributed by atoms with Gasteiger partial charge in [-0.3, -0.25) is 0 Å². The van der Waals surface area contributed by atoms with Crippen molar-refractivity contribution in [2.45, 2.75) is 53.4 Å². The minimum absolute atomic E-state index is 0.0826. The summed E-state index contributed by atoms with van der Waals surface area (Å²) in [6, 6.07) is 0. The maximum Gasteiger partial charge on any atom is 0.278 e. The summed E-state index contributed by atoms with van der Waals surface area (Å²) >= 11 is 0. The van der Waals surface area contributed by atoms with Crippen LogP contribution < -0.4 is 0 Å². The normalized spacial score (nSPS) is 13.4. The molecule has 0 aliphatic carbocycles. The van der Waals surface area contributed by atoms with Crippen LogP contribution in [0.15, 0.2) is 0 Å². The van der Waals surface area contributed by atoms with E-state index in [-0.39, 0.29) is 5.41 Å². The Labute approximate surface area is 97.0 Å². The van der Waals surface area contributed by atoms with Crippen molar-refractivity contribution in [2.75, 3.05) is 13.2 Å². The lowest BCUT2D eigenvalue weighted by atomic mass is 9.81. The SMILES string of the molecule is CCOC(O[SiH3])(OCC)C(C)(CC)CC. The minimum atomic E-state index is -0.841. The van der Waals surface area contributed by atoms with Crippen molar-refractivity contribution in [1.29, 1.82) is 0 Å². The van der Waals surface area contributed by atoms with Gasteiger partial charge in [0.1, 0.15) is 0 Å². The van der Waals surface area contributed by atoms with Crippen LogP contribution in [-0.2, 0) is 13.9 Å². The molecular weight excluding hydrogens is 208 g/mol. The van der Waals surface area contributed by atoms with Crippen LogP contribution in [0.1, 0.15) is 47.5 Å². The van der Waals surface area contributed by atoms with Gasteiger partial charge in [0.2, 0.25) is 0 Å². The first-order valence-corrected chi connectivity index (χ1v) is 6.70. The van der Waals surface area contributed by atoms with Gasteiger partial charge in [-0.05, 0) is 26.7 Å². The van der Waals surface area contributed by atoms with Crippen molar-refractivity contribution in [3.05, 3.63) is 0 Å². The van der Waals surface area contributed by atoms with E-state index in [1.165, 1.54) is 0 Å². The molecular formula is C11H26O3Si. The Morgan fingerprint density at radius 3 is 1.53 bits per heavy atom. The van der Waals surface area contributed by atoms with Crippen molar-refractivity contribution >= 4 is 10.5 Å². The van der Waals surface area contributed by atoms with Crippen LogP contribution in [0.2, 0.25) is 0 Å². The third kappa shape index (κ3) is 3.03. The summed E-state index contributed by atoms with van der Waals surface area (Å²) in [5, 5.41) is 0. The lowest BCUT2D eigenvalue weighted by Crippen LogP contribution is -2.52. The third-order valence-corrected chi connectivity index (χ3v) is 3.77. The molecule has 0 heterocycles. The van der Waals surface area contributed by atoms with Gasteiger partial charge in [-0.1, -0.05) is 20.8 Å². The molecule has 3 nitrogen and oxygen atoms in total. The Morgan fingerprint density at radius 2 is 1.33 bits per heavy atom. The summed E-state index contributed by atoms with van der Waals surface area (Å²) in [6.45, 7) is 11.6. The summed E-state index contributed by atoms with van der Waals surface area (Å²) in [7, 11) is 0.615. The van der Waals surface area contributed by atoms with Crippen LogP contribution in [0.5, 0.6) is 0 Å². The second-order valence-electron chi connectivity index (χ2n) is 3.89. The summed E-state index contributed by atoms with van der Waals surface area (Å²) in [5.41, 5.74) is -0.0826. The topological polar surface area (TPSA) is 27.7 Å². The van der Waals surface area contributed by atoms with Gasteiger partial charge in [0.25, 0.3) is 5.97 Å². The van der Waals surface area contributed by atoms with Gasteiger partial charge in [-0.15, -0.1) is 0 Å². The first kappa shape index (κ1) is 15.1. The molecule has 0 bridgehead atoms. The molecule has 0 unspecified atom stereocenters. The number of ether oxygens (including phenoxy) is 2. The molecule has 0 aromatic heterocycles. The predicted molar refractivity (Wildman–Crippen MR) is 65.7 cm³/mol. The van der Waals surface area contributed by atoms with E-state index in [0.717, 1.165) is 12.8 Å². The summed E-state index contributed by atoms with van der Waals surface area (Å²) in [6.07, 6.45) is 1.96. The maximum absolute atomic E-state index is 5.76. The lowest BCUT2D eigenvalue weighted by molar-refractivity contribution is -0.394. The quantitative estimate of drug-likeness (QED) is 0.474. The van der Waals surface area contributed by atoms with Gasteiger partial charge in [0.05, 0.1) is 0 Å². The summed E-state index contributed by atoms with van der Waals surface area (Å²) in [4.78, 5) is 0. The van der Waals surface area contributed by atoms with Crippen LogP contribution in [0.4, 0.5) is 0 Å². The first-order valence-electron chi connectivity index (χ1n) is 5.88. The molecule has 4 heteroatoms. The molecule has 92 valence electrons. The molecule has 0 atom stereocenters. The van der Waals surface area contributed by atoms with E-state index >= 15 is 0 Å². The predicted octanol–water partition coefficient (Wildman–Crippen LogP) is 1.84. The van der Waals surface area contributed by atoms with Gasteiger partial charge in [-0.25, -0.2) is 0 Å². The lowest BCUT2D eigenvalue weighted by Gasteiger charge is -2.45. The highest BCUT2D eigenvalue weighted by Gasteiger charge is 2.48. The Balaban J connectivity index is 5.00. The van der Waals surface area contributed by atoms with Gasteiger partial charge in [0, 0.05) is 18.6 Å². The molecule has 0 spiro atoms. The first-order chi connectivity index (χ1) is 7.05. The highest BCUT2D eigenvalue weighted by molar-refractivity contribution is 5.98. The third-order valence-electron chi connectivity index (χ3n) is 3.24. The highest BCUT2D eigenvalue weighted by atomic mass is 28.2. The number of hydrogen-bond acceptors (Lipinski definition) is 3. The molecule has 15 heavy (non-hydrogen) atoms. The molecule has 0 aromatic rings. The average Bonchev–Trinajstić information content (AvgIpc) is 2.27. The zero-order valence-corrected chi connectivity index (χ0v) is 13.1. The van der Waals surface area contributed by atoms with Crippen LogP contribution in [0.25, 0.3) is 0 Å². The molecule has 0 N–H and O–H groups in total. The molecule has 0 aliphatic rings. The average molecular weight is 234 g/mol. The zero-order valence-electron chi connectivity index (χ0n) is 11.1. The van der Waals surface area contributed by atoms with E-state index in [4.69, 9.17) is 13.9 Å². The molecule has 0 amide bonds. The fraction of sp³-hybridized carbons (Fsp3) is 1.00. The smallest absolute Gasteiger partial charge is 0.278 e. The van der Waals surface area contributed by atoms with Crippen molar-refractivity contribution < 1.29 is 13.9 Å². The monoisotopic (exact) mass is 234 g/mol. The van der Waals surface area contributed by atoms with Gasteiger partial charge in [-0.2, -0.15) is 0 Å². The molecule has 0 aliphatic heterocycles. The second kappa shape index (κ2) is 6.63. The van der Waals surface area contributed by atoms with Crippen molar-refractivity contribution in [3.8, 4) is 0 Å². The second-order valence-corrected chi connectivity index (χ2v) is 4.30. The van der Waals surface area contributed by atoms with Crippen LogP contribution in [0, 0.1) is 5.41 Å². The van der Waals surface area contributed by atoms with Gasteiger partial charge < -0.3 is 13.9 Å². The van der Waals surface area contributed by atoms with Crippen LogP contribution in [0.3, 0.4) is 0 Å². The van der Waals surface area contributed by atoms with Crippen molar-refractivity contribution in [3.63, 3.8) is 0 Å². The molecule has 0 saturated carbocycles. The minimum Gasteiger partial charge on any atom is -0.380 e. The van der Waals surface area contributed by atoms with E-state index in [1.54, 1.807) is 0 Å². The number of rotatable bonds is 8. The van der Waals surface area contributed by atoms with E-state index in [0.29, 0.717) is 23.7 Å². The van der Waals surface area contributed by atoms with Crippen LogP contribution in [-0.4, -0.2) is 29.7 Å². The number of hydrogen-bond donors (Lipinski definition) is 0.